The van der Waals surface area contributed by atoms with Crippen molar-refractivity contribution in [3.8, 4) is 0 Å². The number of carbonyl (C=O) groups excluding carboxylic acids is 3. The molecule has 0 heterocycles. The minimum Gasteiger partial charge on any atom is -0.462 e. The molecule has 0 aliphatic carbocycles. The van der Waals surface area contributed by atoms with Gasteiger partial charge in [0.2, 0.25) is 0 Å². The van der Waals surface area contributed by atoms with E-state index in [1.165, 1.54) is 64.2 Å². The molecule has 0 aliphatic heterocycles. The summed E-state index contributed by atoms with van der Waals surface area (Å²) >= 11 is 0. The van der Waals surface area contributed by atoms with Crippen molar-refractivity contribution >= 4 is 17.9 Å². The Morgan fingerprint density at radius 2 is 0.594 bits per heavy atom. The van der Waals surface area contributed by atoms with Crippen molar-refractivity contribution in [3.05, 3.63) is 134 Å². The molecule has 0 N–H and O–H groups in total. The smallest absolute Gasteiger partial charge is 0.306 e. The average Bonchev–Trinajstić information content (AvgIpc) is 3.35. The predicted octanol–water partition coefficient (Wildman–Crippen LogP) is 18.6. The molecule has 0 aromatic carbocycles. The summed E-state index contributed by atoms with van der Waals surface area (Å²) in [6.45, 7) is 6.31. The molecule has 0 aromatic rings. The van der Waals surface area contributed by atoms with Crippen molar-refractivity contribution in [3.63, 3.8) is 0 Å². The van der Waals surface area contributed by atoms with Crippen LogP contribution in [0.2, 0.25) is 0 Å². The summed E-state index contributed by atoms with van der Waals surface area (Å²) in [7, 11) is 0. The molecule has 0 aliphatic rings. The highest BCUT2D eigenvalue weighted by atomic mass is 16.6. The number of ether oxygens (including phenoxy) is 3. The number of esters is 3. The summed E-state index contributed by atoms with van der Waals surface area (Å²) in [6, 6.07) is 0. The third kappa shape index (κ3) is 54.4. The number of carbonyl (C=O) groups is 3. The van der Waals surface area contributed by atoms with E-state index in [0.717, 1.165) is 116 Å². The van der Waals surface area contributed by atoms with Crippen LogP contribution in [0.25, 0.3) is 0 Å². The zero-order chi connectivity index (χ0) is 50.0. The van der Waals surface area contributed by atoms with Gasteiger partial charge in [-0.1, -0.05) is 238 Å². The lowest BCUT2D eigenvalue weighted by Gasteiger charge is -2.18. The van der Waals surface area contributed by atoms with Gasteiger partial charge in [-0.15, -0.1) is 0 Å². The summed E-state index contributed by atoms with van der Waals surface area (Å²) in [6.07, 6.45) is 78.8. The van der Waals surface area contributed by atoms with Gasteiger partial charge in [-0.2, -0.15) is 0 Å². The second-order valence-corrected chi connectivity index (χ2v) is 17.7. The van der Waals surface area contributed by atoms with Crippen molar-refractivity contribution in [1.82, 2.24) is 0 Å². The maximum atomic E-state index is 12.8. The first-order chi connectivity index (χ1) is 34.0. The third-order valence-corrected chi connectivity index (χ3v) is 11.2. The number of rotatable bonds is 48. The van der Waals surface area contributed by atoms with Crippen molar-refractivity contribution in [2.24, 2.45) is 0 Å². The van der Waals surface area contributed by atoms with E-state index >= 15 is 0 Å². The molecule has 0 fully saturated rings. The van der Waals surface area contributed by atoms with Crippen molar-refractivity contribution in [1.29, 1.82) is 0 Å². The molecule has 388 valence electrons. The van der Waals surface area contributed by atoms with Gasteiger partial charge in [0.05, 0.1) is 0 Å². The van der Waals surface area contributed by atoms with Crippen LogP contribution in [0.5, 0.6) is 0 Å². The van der Waals surface area contributed by atoms with E-state index in [0.29, 0.717) is 19.3 Å². The van der Waals surface area contributed by atoms with E-state index in [1.54, 1.807) is 0 Å². The summed E-state index contributed by atoms with van der Waals surface area (Å²) < 4.78 is 16.7. The normalized spacial score (nSPS) is 13.1. The lowest BCUT2D eigenvalue weighted by atomic mass is 10.0. The van der Waals surface area contributed by atoms with Gasteiger partial charge in [0.1, 0.15) is 13.2 Å². The van der Waals surface area contributed by atoms with Gasteiger partial charge in [-0.25, -0.2) is 0 Å². The molecule has 0 amide bonds. The summed E-state index contributed by atoms with van der Waals surface area (Å²) in [4.78, 5) is 38.1. The van der Waals surface area contributed by atoms with Crippen LogP contribution >= 0.6 is 0 Å². The van der Waals surface area contributed by atoms with Gasteiger partial charge in [-0.05, 0) is 103 Å². The minimum absolute atomic E-state index is 0.121. The summed E-state index contributed by atoms with van der Waals surface area (Å²) in [5.74, 6) is -1.04. The van der Waals surface area contributed by atoms with Gasteiger partial charge in [0.15, 0.2) is 6.10 Å². The maximum absolute atomic E-state index is 12.8. The van der Waals surface area contributed by atoms with Gasteiger partial charge >= 0.3 is 17.9 Å². The fourth-order valence-corrected chi connectivity index (χ4v) is 7.08. The standard InChI is InChI=1S/C63H100O6/c1-4-7-10-13-16-19-22-25-27-29-31-33-35-38-40-43-46-49-52-55-61(64)67-58-60(69-63(66)57-54-51-48-45-42-37-24-21-18-15-12-9-6-3)59-68-62(65)56-53-50-47-44-41-39-36-34-32-30-28-26-23-20-17-14-11-8-5-2/h7-8,10-11,16-17,19-20,25-28,31-34,38-41,46,49,60H,4-6,9,12-15,18,21-24,29-30,35-37,42-45,47-48,50-59H2,1-3H3/t60-/m0/s1. The number of allylic oxidation sites excluding steroid dienone is 22. The molecule has 0 aromatic heterocycles. The van der Waals surface area contributed by atoms with Crippen LogP contribution < -0.4 is 0 Å². The second kappa shape index (κ2) is 56.1. The molecule has 0 bridgehead atoms. The molecule has 0 unspecified atom stereocenters. The van der Waals surface area contributed by atoms with E-state index in [-0.39, 0.29) is 37.5 Å². The van der Waals surface area contributed by atoms with E-state index in [9.17, 15) is 14.4 Å². The molecule has 6 nitrogen and oxygen atoms in total. The summed E-state index contributed by atoms with van der Waals surface area (Å²) in [5.41, 5.74) is 0. The topological polar surface area (TPSA) is 78.9 Å². The zero-order valence-corrected chi connectivity index (χ0v) is 44.3. The highest BCUT2D eigenvalue weighted by Crippen LogP contribution is 2.14. The quantitative estimate of drug-likeness (QED) is 0.0262. The van der Waals surface area contributed by atoms with Crippen molar-refractivity contribution < 1.29 is 28.6 Å². The Balaban J connectivity index is 4.56. The van der Waals surface area contributed by atoms with Crippen LogP contribution in [0.1, 0.15) is 226 Å². The zero-order valence-electron chi connectivity index (χ0n) is 44.3. The van der Waals surface area contributed by atoms with E-state index < -0.39 is 6.10 Å². The third-order valence-electron chi connectivity index (χ3n) is 11.2. The predicted molar refractivity (Wildman–Crippen MR) is 297 cm³/mol. The number of hydrogen-bond donors (Lipinski definition) is 0. The second-order valence-electron chi connectivity index (χ2n) is 17.7. The maximum Gasteiger partial charge on any atom is 0.306 e. The van der Waals surface area contributed by atoms with Crippen LogP contribution in [0, 0.1) is 0 Å². The van der Waals surface area contributed by atoms with E-state index in [1.807, 2.05) is 12.2 Å². The molecule has 0 spiro atoms. The molecule has 0 rings (SSSR count). The van der Waals surface area contributed by atoms with Gasteiger partial charge in [0, 0.05) is 19.3 Å². The van der Waals surface area contributed by atoms with Crippen molar-refractivity contribution in [2.75, 3.05) is 13.2 Å². The number of hydrogen-bond acceptors (Lipinski definition) is 6. The Hall–Kier alpha value is -4.45. The van der Waals surface area contributed by atoms with Gasteiger partial charge in [-0.3, -0.25) is 14.4 Å². The molecule has 6 heteroatoms. The van der Waals surface area contributed by atoms with Crippen LogP contribution in [0.4, 0.5) is 0 Å². The lowest BCUT2D eigenvalue weighted by molar-refractivity contribution is -0.166. The Kier molecular flexibility index (Phi) is 52.5. The first-order valence-electron chi connectivity index (χ1n) is 27.7. The number of unbranched alkanes of at least 4 members (excludes halogenated alkanes) is 15. The first kappa shape index (κ1) is 64.5. The Bertz CT molecular complexity index is 1510. The van der Waals surface area contributed by atoms with Gasteiger partial charge in [0.25, 0.3) is 0 Å². The fraction of sp³-hybridized carbons (Fsp3) is 0.603. The highest BCUT2D eigenvalue weighted by molar-refractivity contribution is 5.71. The molecule has 0 saturated heterocycles. The lowest BCUT2D eigenvalue weighted by Crippen LogP contribution is -2.30. The molecular weight excluding hydrogens is 853 g/mol. The first-order valence-corrected chi connectivity index (χ1v) is 27.7. The van der Waals surface area contributed by atoms with E-state index in [2.05, 4.69) is 142 Å². The Labute approximate surface area is 424 Å². The Morgan fingerprint density at radius 1 is 0.304 bits per heavy atom. The molecule has 1 atom stereocenters. The molecule has 0 saturated carbocycles. The summed E-state index contributed by atoms with van der Waals surface area (Å²) in [5, 5.41) is 0. The largest absolute Gasteiger partial charge is 0.462 e. The SMILES string of the molecule is CCC=CCC=CCC=CCC=CCC=CCC=CCCC(=O)OC[C@@H](COC(=O)CCCCCC=CCC=CCC=CCC=CCC=CCC)OC(=O)CCCCCCCCCCCCCCC. The monoisotopic (exact) mass is 953 g/mol. The highest BCUT2D eigenvalue weighted by Gasteiger charge is 2.19. The van der Waals surface area contributed by atoms with Crippen LogP contribution in [0.15, 0.2) is 134 Å². The van der Waals surface area contributed by atoms with E-state index in [4.69, 9.17) is 14.2 Å². The van der Waals surface area contributed by atoms with Crippen LogP contribution in [-0.2, 0) is 28.6 Å². The van der Waals surface area contributed by atoms with Crippen LogP contribution in [0.3, 0.4) is 0 Å². The van der Waals surface area contributed by atoms with Gasteiger partial charge < -0.3 is 14.2 Å². The van der Waals surface area contributed by atoms with Crippen LogP contribution in [-0.4, -0.2) is 37.2 Å². The molecule has 0 radical (unpaired) electrons. The van der Waals surface area contributed by atoms with Crippen molar-refractivity contribution in [2.45, 2.75) is 232 Å². The fourth-order valence-electron chi connectivity index (χ4n) is 7.08. The minimum atomic E-state index is -0.825. The molecule has 69 heavy (non-hydrogen) atoms. The average molecular weight is 953 g/mol. The molecular formula is C63H100O6. The Morgan fingerprint density at radius 3 is 0.971 bits per heavy atom.